The van der Waals surface area contributed by atoms with Crippen LogP contribution in [0.5, 0.6) is 0 Å². The molecule has 84 valence electrons. The molecule has 0 amide bonds. The Hall–Kier alpha value is -1.68. The summed E-state index contributed by atoms with van der Waals surface area (Å²) in [5.74, 6) is 0.734. The van der Waals surface area contributed by atoms with Gasteiger partial charge in [-0.05, 0) is 19.1 Å². The van der Waals surface area contributed by atoms with Crippen molar-refractivity contribution < 1.29 is 9.63 Å². The van der Waals surface area contributed by atoms with Crippen LogP contribution >= 0.6 is 0 Å². The van der Waals surface area contributed by atoms with Gasteiger partial charge in [-0.25, -0.2) is 0 Å². The standard InChI is InChI=1S/C12H14N2O2/c1-3-11-10(7-15)12(14-16-11)9-5-4-8(2)13-6-9/h4-6,15H,3,7H2,1-2H3. The van der Waals surface area contributed by atoms with Crippen LogP contribution in [0.2, 0.25) is 0 Å². The number of aliphatic hydroxyl groups excluding tert-OH is 1. The first-order chi connectivity index (χ1) is 7.76. The van der Waals surface area contributed by atoms with E-state index in [9.17, 15) is 5.11 Å². The molecule has 0 aliphatic rings. The Balaban J connectivity index is 2.47. The third-order valence-corrected chi connectivity index (χ3v) is 2.53. The second kappa shape index (κ2) is 4.45. The Bertz CT molecular complexity index is 474. The van der Waals surface area contributed by atoms with E-state index in [1.807, 2.05) is 26.0 Å². The minimum absolute atomic E-state index is 0.0596. The number of hydrogen-bond donors (Lipinski definition) is 1. The molecule has 0 bridgehead atoms. The summed E-state index contributed by atoms with van der Waals surface area (Å²) in [5, 5.41) is 13.3. The number of rotatable bonds is 3. The minimum Gasteiger partial charge on any atom is -0.391 e. The van der Waals surface area contributed by atoms with Crippen LogP contribution in [-0.4, -0.2) is 15.2 Å². The highest BCUT2D eigenvalue weighted by atomic mass is 16.5. The zero-order chi connectivity index (χ0) is 11.5. The van der Waals surface area contributed by atoms with E-state index in [1.54, 1.807) is 6.20 Å². The largest absolute Gasteiger partial charge is 0.391 e. The fourth-order valence-corrected chi connectivity index (χ4v) is 1.62. The Morgan fingerprint density at radius 1 is 1.38 bits per heavy atom. The molecule has 2 aromatic heterocycles. The van der Waals surface area contributed by atoms with Gasteiger partial charge in [0.25, 0.3) is 0 Å². The number of aromatic nitrogens is 2. The highest BCUT2D eigenvalue weighted by molar-refractivity contribution is 5.62. The topological polar surface area (TPSA) is 59.2 Å². The molecule has 0 aromatic carbocycles. The smallest absolute Gasteiger partial charge is 0.142 e. The lowest BCUT2D eigenvalue weighted by molar-refractivity contribution is 0.277. The van der Waals surface area contributed by atoms with Gasteiger partial charge < -0.3 is 9.63 Å². The zero-order valence-electron chi connectivity index (χ0n) is 9.40. The van der Waals surface area contributed by atoms with Crippen LogP contribution in [-0.2, 0) is 13.0 Å². The number of pyridine rings is 1. The maximum atomic E-state index is 9.31. The summed E-state index contributed by atoms with van der Waals surface area (Å²) in [4.78, 5) is 4.20. The van der Waals surface area contributed by atoms with Crippen molar-refractivity contribution in [2.24, 2.45) is 0 Å². The van der Waals surface area contributed by atoms with Crippen molar-refractivity contribution in [1.29, 1.82) is 0 Å². The van der Waals surface area contributed by atoms with Gasteiger partial charge in [0.2, 0.25) is 0 Å². The summed E-state index contributed by atoms with van der Waals surface area (Å²) in [7, 11) is 0. The van der Waals surface area contributed by atoms with Crippen LogP contribution in [0.25, 0.3) is 11.3 Å². The molecule has 16 heavy (non-hydrogen) atoms. The molecule has 0 aliphatic carbocycles. The van der Waals surface area contributed by atoms with Crippen molar-refractivity contribution in [1.82, 2.24) is 10.1 Å². The Labute approximate surface area is 93.9 Å². The predicted molar refractivity (Wildman–Crippen MR) is 59.8 cm³/mol. The van der Waals surface area contributed by atoms with E-state index in [2.05, 4.69) is 10.1 Å². The second-order valence-corrected chi connectivity index (χ2v) is 3.63. The van der Waals surface area contributed by atoms with Crippen LogP contribution < -0.4 is 0 Å². The van der Waals surface area contributed by atoms with Crippen LogP contribution in [0.15, 0.2) is 22.9 Å². The molecule has 2 rings (SSSR count). The molecule has 2 aromatic rings. The van der Waals surface area contributed by atoms with Crippen molar-refractivity contribution in [2.45, 2.75) is 26.9 Å². The molecule has 2 heterocycles. The van der Waals surface area contributed by atoms with Gasteiger partial charge in [-0.2, -0.15) is 0 Å². The number of nitrogens with zero attached hydrogens (tertiary/aromatic N) is 2. The fraction of sp³-hybridized carbons (Fsp3) is 0.333. The molecule has 0 saturated carbocycles. The number of aliphatic hydroxyl groups is 1. The van der Waals surface area contributed by atoms with Crippen LogP contribution in [0.4, 0.5) is 0 Å². The van der Waals surface area contributed by atoms with Gasteiger partial charge >= 0.3 is 0 Å². The van der Waals surface area contributed by atoms with Gasteiger partial charge in [-0.1, -0.05) is 12.1 Å². The molecular formula is C12H14N2O2. The monoisotopic (exact) mass is 218 g/mol. The first-order valence-corrected chi connectivity index (χ1v) is 5.27. The van der Waals surface area contributed by atoms with E-state index in [0.29, 0.717) is 5.69 Å². The van der Waals surface area contributed by atoms with E-state index >= 15 is 0 Å². The van der Waals surface area contributed by atoms with Gasteiger partial charge in [-0.15, -0.1) is 0 Å². The van der Waals surface area contributed by atoms with Crippen molar-refractivity contribution in [2.75, 3.05) is 0 Å². The van der Waals surface area contributed by atoms with E-state index in [-0.39, 0.29) is 6.61 Å². The summed E-state index contributed by atoms with van der Waals surface area (Å²) >= 11 is 0. The molecule has 0 radical (unpaired) electrons. The van der Waals surface area contributed by atoms with Crippen LogP contribution in [0.1, 0.15) is 23.9 Å². The van der Waals surface area contributed by atoms with Gasteiger partial charge in [-0.3, -0.25) is 4.98 Å². The van der Waals surface area contributed by atoms with Crippen LogP contribution in [0, 0.1) is 6.92 Å². The summed E-state index contributed by atoms with van der Waals surface area (Å²) in [6, 6.07) is 3.84. The van der Waals surface area contributed by atoms with Gasteiger partial charge in [0.1, 0.15) is 11.5 Å². The normalized spacial score (nSPS) is 10.7. The maximum absolute atomic E-state index is 9.31. The summed E-state index contributed by atoms with van der Waals surface area (Å²) in [6.45, 7) is 3.84. The molecule has 0 unspecified atom stereocenters. The quantitative estimate of drug-likeness (QED) is 0.857. The van der Waals surface area contributed by atoms with Gasteiger partial charge in [0.05, 0.1) is 6.61 Å². The average Bonchev–Trinajstić information content (AvgIpc) is 2.72. The summed E-state index contributed by atoms with van der Waals surface area (Å²) < 4.78 is 5.18. The third kappa shape index (κ3) is 1.84. The van der Waals surface area contributed by atoms with Crippen LogP contribution in [0.3, 0.4) is 0 Å². The first-order valence-electron chi connectivity index (χ1n) is 5.27. The van der Waals surface area contributed by atoms with E-state index in [1.165, 1.54) is 0 Å². The highest BCUT2D eigenvalue weighted by Crippen LogP contribution is 2.25. The lowest BCUT2D eigenvalue weighted by atomic mass is 10.1. The number of aryl methyl sites for hydroxylation is 2. The number of hydrogen-bond acceptors (Lipinski definition) is 4. The molecule has 4 nitrogen and oxygen atoms in total. The maximum Gasteiger partial charge on any atom is 0.142 e. The molecule has 1 N–H and O–H groups in total. The van der Waals surface area contributed by atoms with E-state index in [0.717, 1.165) is 29.0 Å². The molecule has 0 spiro atoms. The Morgan fingerprint density at radius 2 is 2.19 bits per heavy atom. The van der Waals surface area contributed by atoms with Crippen molar-refractivity contribution in [3.63, 3.8) is 0 Å². The molecule has 0 atom stereocenters. The minimum atomic E-state index is -0.0596. The highest BCUT2D eigenvalue weighted by Gasteiger charge is 2.15. The van der Waals surface area contributed by atoms with Gasteiger partial charge in [0, 0.05) is 29.4 Å². The molecule has 0 saturated heterocycles. The van der Waals surface area contributed by atoms with Crippen molar-refractivity contribution >= 4 is 0 Å². The molecule has 0 fully saturated rings. The van der Waals surface area contributed by atoms with E-state index < -0.39 is 0 Å². The second-order valence-electron chi connectivity index (χ2n) is 3.63. The first kappa shape index (κ1) is 10.8. The van der Waals surface area contributed by atoms with Crippen molar-refractivity contribution in [3.05, 3.63) is 35.3 Å². The Kier molecular flexibility index (Phi) is 3.01. The molecule has 4 heteroatoms. The lowest BCUT2D eigenvalue weighted by Crippen LogP contribution is -1.91. The predicted octanol–water partition coefficient (Wildman–Crippen LogP) is 2.10. The summed E-state index contributed by atoms with van der Waals surface area (Å²) in [6.07, 6.45) is 2.47. The fourth-order valence-electron chi connectivity index (χ4n) is 1.62. The lowest BCUT2D eigenvalue weighted by Gasteiger charge is -1.99. The SMILES string of the molecule is CCc1onc(-c2ccc(C)nc2)c1CO. The van der Waals surface area contributed by atoms with E-state index in [4.69, 9.17) is 4.52 Å². The Morgan fingerprint density at radius 3 is 2.75 bits per heavy atom. The summed E-state index contributed by atoms with van der Waals surface area (Å²) in [5.41, 5.74) is 3.27. The third-order valence-electron chi connectivity index (χ3n) is 2.53. The zero-order valence-corrected chi connectivity index (χ0v) is 9.40. The molecule has 0 aliphatic heterocycles. The average molecular weight is 218 g/mol. The van der Waals surface area contributed by atoms with Gasteiger partial charge in [0.15, 0.2) is 0 Å². The molecular weight excluding hydrogens is 204 g/mol. The van der Waals surface area contributed by atoms with Crippen molar-refractivity contribution in [3.8, 4) is 11.3 Å².